The fourth-order valence-electron chi connectivity index (χ4n) is 3.04. The lowest BCUT2D eigenvalue weighted by Crippen LogP contribution is -2.50. The van der Waals surface area contributed by atoms with Crippen molar-refractivity contribution in [3.8, 4) is 0 Å². The average molecular weight is 328 g/mol. The van der Waals surface area contributed by atoms with Gasteiger partial charge in [0.25, 0.3) is 0 Å². The van der Waals surface area contributed by atoms with Gasteiger partial charge in [0.2, 0.25) is 0 Å². The van der Waals surface area contributed by atoms with Crippen LogP contribution in [0.4, 0.5) is 9.59 Å². The molecule has 1 aliphatic carbocycles. The zero-order valence-corrected chi connectivity index (χ0v) is 14.9. The van der Waals surface area contributed by atoms with Gasteiger partial charge >= 0.3 is 12.2 Å². The van der Waals surface area contributed by atoms with Crippen LogP contribution in [-0.4, -0.2) is 40.5 Å². The van der Waals surface area contributed by atoms with Gasteiger partial charge in [0, 0.05) is 6.54 Å². The number of alkyl carbamates (subject to hydrolysis) is 1. The first kappa shape index (κ1) is 19.6. The minimum Gasteiger partial charge on any atom is -0.465 e. The predicted molar refractivity (Wildman–Crippen MR) is 89.4 cm³/mol. The molecule has 2 N–H and O–H groups in total. The molecule has 0 spiro atoms. The van der Waals surface area contributed by atoms with Crippen molar-refractivity contribution in [3.63, 3.8) is 0 Å². The van der Waals surface area contributed by atoms with Gasteiger partial charge < -0.3 is 15.2 Å². The van der Waals surface area contributed by atoms with Crippen LogP contribution in [0.3, 0.4) is 0 Å². The first-order chi connectivity index (χ1) is 10.7. The van der Waals surface area contributed by atoms with Crippen molar-refractivity contribution in [1.82, 2.24) is 10.2 Å². The number of carbonyl (C=O) groups is 2. The van der Waals surface area contributed by atoms with Gasteiger partial charge in [0.15, 0.2) is 0 Å². The van der Waals surface area contributed by atoms with E-state index in [0.717, 1.165) is 18.8 Å². The minimum absolute atomic E-state index is 0.433. The first-order valence-corrected chi connectivity index (χ1v) is 8.68. The number of hydrogen-bond acceptors (Lipinski definition) is 3. The van der Waals surface area contributed by atoms with Crippen LogP contribution in [0.5, 0.6) is 0 Å². The summed E-state index contributed by atoms with van der Waals surface area (Å²) in [6.45, 7) is 7.42. The maximum atomic E-state index is 11.8. The Hall–Kier alpha value is -1.46. The van der Waals surface area contributed by atoms with Gasteiger partial charge in [-0.15, -0.1) is 0 Å². The topological polar surface area (TPSA) is 78.9 Å². The molecule has 0 heterocycles. The fraction of sp³-hybridized carbons (Fsp3) is 0.882. The lowest BCUT2D eigenvalue weighted by molar-refractivity contribution is 0.0433. The van der Waals surface area contributed by atoms with E-state index >= 15 is 0 Å². The number of nitrogens with one attached hydrogen (secondary N) is 1. The summed E-state index contributed by atoms with van der Waals surface area (Å²) in [5, 5.41) is 12.0. The van der Waals surface area contributed by atoms with Crippen molar-refractivity contribution < 1.29 is 19.4 Å². The molecule has 0 radical (unpaired) electrons. The Kier molecular flexibility index (Phi) is 7.65. The zero-order chi connectivity index (χ0) is 17.5. The molecule has 0 bridgehead atoms. The largest absolute Gasteiger partial charge is 0.465 e. The van der Waals surface area contributed by atoms with E-state index in [1.807, 2.05) is 0 Å². The van der Waals surface area contributed by atoms with E-state index in [-0.39, 0.29) is 0 Å². The standard InChI is InChI=1S/C17H32N2O4/c1-13(18-15(20)23-17(2,3)4)19(16(21)22)12-8-11-14-9-6-5-7-10-14/h13-14H,5-12H2,1-4H3,(H,18,20)(H,21,22). The maximum Gasteiger partial charge on any atom is 0.409 e. The molecule has 134 valence electrons. The number of hydrogen-bond donors (Lipinski definition) is 2. The average Bonchev–Trinajstić information content (AvgIpc) is 2.41. The smallest absolute Gasteiger partial charge is 0.409 e. The second-order valence-corrected chi connectivity index (χ2v) is 7.44. The van der Waals surface area contributed by atoms with Crippen LogP contribution < -0.4 is 5.32 Å². The fourth-order valence-corrected chi connectivity index (χ4v) is 3.04. The summed E-state index contributed by atoms with van der Waals surface area (Å²) in [4.78, 5) is 24.5. The van der Waals surface area contributed by atoms with Crippen LogP contribution >= 0.6 is 0 Å². The Labute approximate surface area is 139 Å². The molecular weight excluding hydrogens is 296 g/mol. The number of ether oxygens (including phenoxy) is 1. The van der Waals surface area contributed by atoms with Gasteiger partial charge in [-0.25, -0.2) is 9.59 Å². The van der Waals surface area contributed by atoms with E-state index in [4.69, 9.17) is 4.74 Å². The molecule has 1 aliphatic rings. The van der Waals surface area contributed by atoms with Gasteiger partial charge in [-0.2, -0.15) is 0 Å². The highest BCUT2D eigenvalue weighted by Gasteiger charge is 2.24. The molecule has 2 amide bonds. The van der Waals surface area contributed by atoms with Gasteiger partial charge in [-0.1, -0.05) is 32.1 Å². The molecule has 1 atom stereocenters. The predicted octanol–water partition coefficient (Wildman–Crippen LogP) is 4.20. The molecule has 6 nitrogen and oxygen atoms in total. The second kappa shape index (κ2) is 8.99. The van der Waals surface area contributed by atoms with Crippen LogP contribution in [0.15, 0.2) is 0 Å². The third-order valence-corrected chi connectivity index (χ3v) is 4.17. The summed E-state index contributed by atoms with van der Waals surface area (Å²) in [7, 11) is 0. The van der Waals surface area contributed by atoms with Crippen LogP contribution in [0.1, 0.15) is 72.6 Å². The number of nitrogens with zero attached hydrogens (tertiary/aromatic N) is 1. The Morgan fingerprint density at radius 3 is 2.39 bits per heavy atom. The Balaban J connectivity index is 2.40. The zero-order valence-electron chi connectivity index (χ0n) is 14.9. The number of carboxylic acid groups (broad SMARTS) is 1. The van der Waals surface area contributed by atoms with Gasteiger partial charge in [-0.3, -0.25) is 4.90 Å². The molecule has 0 aromatic carbocycles. The van der Waals surface area contributed by atoms with E-state index in [1.54, 1.807) is 27.7 Å². The number of carbonyl (C=O) groups excluding carboxylic acids is 1. The quantitative estimate of drug-likeness (QED) is 0.716. The molecule has 0 aromatic rings. The van der Waals surface area contributed by atoms with Crippen molar-refractivity contribution in [2.75, 3.05) is 6.54 Å². The SMILES string of the molecule is CC(NC(=O)OC(C)(C)C)N(CCCC1CCCCC1)C(=O)O. The second-order valence-electron chi connectivity index (χ2n) is 7.44. The lowest BCUT2D eigenvalue weighted by Gasteiger charge is -2.29. The van der Waals surface area contributed by atoms with Crippen molar-refractivity contribution >= 4 is 12.2 Å². The van der Waals surface area contributed by atoms with Crippen molar-refractivity contribution in [1.29, 1.82) is 0 Å². The minimum atomic E-state index is -1.02. The Morgan fingerprint density at radius 2 is 1.87 bits per heavy atom. The maximum absolute atomic E-state index is 11.8. The van der Waals surface area contributed by atoms with Crippen LogP contribution in [0.2, 0.25) is 0 Å². The molecule has 1 unspecified atom stereocenters. The summed E-state index contributed by atoms with van der Waals surface area (Å²) in [5.41, 5.74) is -0.598. The van der Waals surface area contributed by atoms with Gasteiger partial charge in [-0.05, 0) is 46.5 Å². The first-order valence-electron chi connectivity index (χ1n) is 8.68. The van der Waals surface area contributed by atoms with E-state index in [2.05, 4.69) is 5.32 Å². The monoisotopic (exact) mass is 328 g/mol. The molecule has 6 heteroatoms. The van der Waals surface area contributed by atoms with E-state index in [0.29, 0.717) is 6.54 Å². The summed E-state index contributed by atoms with van der Waals surface area (Å²) in [6, 6.07) is 0. The molecule has 0 aliphatic heterocycles. The van der Waals surface area contributed by atoms with E-state index in [9.17, 15) is 14.7 Å². The van der Waals surface area contributed by atoms with E-state index < -0.39 is 24.0 Å². The number of rotatable bonds is 6. The summed E-state index contributed by atoms with van der Waals surface area (Å²) in [5.74, 6) is 0.730. The van der Waals surface area contributed by atoms with Gasteiger partial charge in [0.1, 0.15) is 11.8 Å². The molecule has 0 saturated heterocycles. The Morgan fingerprint density at radius 1 is 1.26 bits per heavy atom. The van der Waals surface area contributed by atoms with Crippen molar-refractivity contribution in [2.24, 2.45) is 5.92 Å². The highest BCUT2D eigenvalue weighted by Crippen LogP contribution is 2.27. The Bertz CT molecular complexity index is 387. The van der Waals surface area contributed by atoms with Crippen LogP contribution in [0, 0.1) is 5.92 Å². The third kappa shape index (κ3) is 8.09. The molecule has 1 saturated carbocycles. The van der Waals surface area contributed by atoms with Gasteiger partial charge in [0.05, 0.1) is 0 Å². The normalized spacial score (nSPS) is 17.4. The lowest BCUT2D eigenvalue weighted by atomic mass is 9.86. The van der Waals surface area contributed by atoms with Crippen LogP contribution in [0.25, 0.3) is 0 Å². The highest BCUT2D eigenvalue weighted by atomic mass is 16.6. The highest BCUT2D eigenvalue weighted by molar-refractivity contribution is 5.70. The molecular formula is C17H32N2O4. The van der Waals surface area contributed by atoms with Crippen molar-refractivity contribution in [2.45, 2.75) is 84.4 Å². The van der Waals surface area contributed by atoms with Crippen molar-refractivity contribution in [3.05, 3.63) is 0 Å². The van der Waals surface area contributed by atoms with Crippen LogP contribution in [-0.2, 0) is 4.74 Å². The summed E-state index contributed by atoms with van der Waals surface area (Å²) < 4.78 is 5.17. The third-order valence-electron chi connectivity index (χ3n) is 4.17. The van der Waals surface area contributed by atoms with E-state index in [1.165, 1.54) is 37.0 Å². The summed E-state index contributed by atoms with van der Waals surface area (Å²) in [6.07, 6.45) is 6.12. The molecule has 23 heavy (non-hydrogen) atoms. The molecule has 0 aromatic heterocycles. The molecule has 1 rings (SSSR count). The molecule has 1 fully saturated rings. The summed E-state index contributed by atoms with van der Waals surface area (Å²) >= 11 is 0. The number of amides is 2.